The number of fused-ring (bicyclic) bond motifs is 2. The minimum Gasteiger partial charge on any atom is -0.463 e. The topological polar surface area (TPSA) is 65.6 Å². The van der Waals surface area contributed by atoms with E-state index in [1.54, 1.807) is 30.2 Å². The zero-order valence-corrected chi connectivity index (χ0v) is 25.7. The van der Waals surface area contributed by atoms with Gasteiger partial charge in [0, 0.05) is 39.1 Å². The molecule has 6 rings (SSSR count). The van der Waals surface area contributed by atoms with E-state index in [1.807, 2.05) is 73.0 Å². The molecule has 5 aromatic rings. The third-order valence-electron chi connectivity index (χ3n) is 7.35. The van der Waals surface area contributed by atoms with E-state index in [-0.39, 0.29) is 12.2 Å². The molecule has 0 saturated carbocycles. The molecular weight excluding hydrogens is 586 g/mol. The standard InChI is InChI=1S/C33H28ClN3O3S2/c1-4-40-32(39)29-20(2)35-33-37(30(29)21-13-15-24(41-3)16-14-21)31(38)28(42-33)17-23-19-36(27-12-8-6-10-25(23)27)18-22-9-5-7-11-26(22)34/h5-17,19,30H,4,18H2,1-3H3/b28-17-/t30-/m1/s1. The van der Waals surface area contributed by atoms with Crippen LogP contribution in [0, 0.1) is 0 Å². The molecule has 9 heteroatoms. The Bertz CT molecular complexity index is 2040. The lowest BCUT2D eigenvalue weighted by Crippen LogP contribution is -2.39. The summed E-state index contributed by atoms with van der Waals surface area (Å²) in [5.74, 6) is -0.463. The van der Waals surface area contributed by atoms with Gasteiger partial charge in [0.25, 0.3) is 5.56 Å². The molecule has 1 atom stereocenters. The Labute approximate surface area is 256 Å². The fraction of sp³-hybridized carbons (Fsp3) is 0.182. The summed E-state index contributed by atoms with van der Waals surface area (Å²) >= 11 is 9.44. The lowest BCUT2D eigenvalue weighted by atomic mass is 9.96. The second-order valence-corrected chi connectivity index (χ2v) is 12.2. The molecule has 0 radical (unpaired) electrons. The average Bonchev–Trinajstić information content (AvgIpc) is 3.50. The molecule has 42 heavy (non-hydrogen) atoms. The molecule has 6 nitrogen and oxygen atoms in total. The largest absolute Gasteiger partial charge is 0.463 e. The zero-order chi connectivity index (χ0) is 29.4. The molecule has 0 bridgehead atoms. The minimum atomic E-state index is -0.639. The molecule has 0 saturated heterocycles. The van der Waals surface area contributed by atoms with E-state index >= 15 is 0 Å². The van der Waals surface area contributed by atoms with Gasteiger partial charge in [-0.2, -0.15) is 0 Å². The molecule has 1 aliphatic rings. The van der Waals surface area contributed by atoms with Crippen LogP contribution in [-0.4, -0.2) is 28.0 Å². The number of carbonyl (C=O) groups is 1. The van der Waals surface area contributed by atoms with Crippen LogP contribution in [0.4, 0.5) is 0 Å². The number of benzene rings is 3. The molecule has 3 heterocycles. The zero-order valence-electron chi connectivity index (χ0n) is 23.3. The highest BCUT2D eigenvalue weighted by Gasteiger charge is 2.33. The van der Waals surface area contributed by atoms with E-state index in [2.05, 4.69) is 22.9 Å². The van der Waals surface area contributed by atoms with Gasteiger partial charge in [0.15, 0.2) is 4.80 Å². The van der Waals surface area contributed by atoms with Crippen LogP contribution in [-0.2, 0) is 16.1 Å². The predicted octanol–water partition coefficient (Wildman–Crippen LogP) is 6.18. The third-order valence-corrected chi connectivity index (χ3v) is 9.45. The number of carbonyl (C=O) groups excluding carboxylic acids is 1. The van der Waals surface area contributed by atoms with Crippen molar-refractivity contribution >= 4 is 57.6 Å². The molecule has 2 aromatic heterocycles. The maximum atomic E-state index is 14.1. The van der Waals surface area contributed by atoms with Crippen molar-refractivity contribution in [1.82, 2.24) is 9.13 Å². The van der Waals surface area contributed by atoms with Gasteiger partial charge >= 0.3 is 5.97 Å². The van der Waals surface area contributed by atoms with Gasteiger partial charge in [-0.05, 0) is 61.6 Å². The number of thiazole rings is 1. The summed E-state index contributed by atoms with van der Waals surface area (Å²) in [6.07, 6.45) is 5.99. The lowest BCUT2D eigenvalue weighted by Gasteiger charge is -2.24. The Morgan fingerprint density at radius 1 is 1.10 bits per heavy atom. The maximum absolute atomic E-state index is 14.1. The molecule has 0 N–H and O–H groups in total. The van der Waals surface area contributed by atoms with E-state index in [0.29, 0.717) is 32.2 Å². The van der Waals surface area contributed by atoms with Crippen LogP contribution < -0.4 is 14.9 Å². The fourth-order valence-corrected chi connectivity index (χ4v) is 7.01. The van der Waals surface area contributed by atoms with Gasteiger partial charge < -0.3 is 9.30 Å². The van der Waals surface area contributed by atoms with Gasteiger partial charge in [0.2, 0.25) is 0 Å². The molecule has 0 amide bonds. The van der Waals surface area contributed by atoms with Crippen molar-refractivity contribution in [1.29, 1.82) is 0 Å². The Balaban J connectivity index is 1.51. The number of allylic oxidation sites excluding steroid dienone is 1. The number of hydrogen-bond donors (Lipinski definition) is 0. The van der Waals surface area contributed by atoms with Crippen LogP contribution >= 0.6 is 34.7 Å². The summed E-state index contributed by atoms with van der Waals surface area (Å²) in [6, 6.07) is 23.2. The van der Waals surface area contributed by atoms with E-state index in [9.17, 15) is 9.59 Å². The van der Waals surface area contributed by atoms with Crippen molar-refractivity contribution in [2.24, 2.45) is 4.99 Å². The molecule has 0 fully saturated rings. The number of esters is 1. The normalized spacial score (nSPS) is 15.1. The first kappa shape index (κ1) is 28.3. The average molecular weight is 614 g/mol. The molecule has 3 aromatic carbocycles. The lowest BCUT2D eigenvalue weighted by molar-refractivity contribution is -0.139. The van der Waals surface area contributed by atoms with Crippen molar-refractivity contribution in [3.63, 3.8) is 0 Å². The first-order chi connectivity index (χ1) is 20.4. The number of hydrogen-bond acceptors (Lipinski definition) is 6. The number of rotatable bonds is 7. The van der Waals surface area contributed by atoms with Gasteiger partial charge in [0.1, 0.15) is 0 Å². The summed E-state index contributed by atoms with van der Waals surface area (Å²) < 4.78 is 9.74. The molecule has 212 valence electrons. The van der Waals surface area contributed by atoms with Crippen molar-refractivity contribution in [2.75, 3.05) is 12.9 Å². The Hall–Kier alpha value is -3.85. The summed E-state index contributed by atoms with van der Waals surface area (Å²) in [4.78, 5) is 33.7. The van der Waals surface area contributed by atoms with E-state index in [4.69, 9.17) is 21.3 Å². The monoisotopic (exact) mass is 613 g/mol. The maximum Gasteiger partial charge on any atom is 0.338 e. The van der Waals surface area contributed by atoms with Crippen LogP contribution in [0.25, 0.3) is 17.0 Å². The van der Waals surface area contributed by atoms with Crippen molar-refractivity contribution in [3.8, 4) is 0 Å². The highest BCUT2D eigenvalue weighted by atomic mass is 35.5. The van der Waals surface area contributed by atoms with E-state index in [1.165, 1.54) is 11.3 Å². The van der Waals surface area contributed by atoms with Gasteiger partial charge in [-0.15, -0.1) is 11.8 Å². The van der Waals surface area contributed by atoms with Crippen molar-refractivity contribution in [2.45, 2.75) is 31.3 Å². The molecular formula is C33H28ClN3O3S2. The predicted molar refractivity (Wildman–Crippen MR) is 171 cm³/mol. The Kier molecular flexibility index (Phi) is 7.94. The van der Waals surface area contributed by atoms with E-state index in [0.717, 1.165) is 32.5 Å². The van der Waals surface area contributed by atoms with Gasteiger partial charge in [-0.3, -0.25) is 9.36 Å². The first-order valence-corrected chi connectivity index (χ1v) is 16.0. The van der Waals surface area contributed by atoms with Crippen LogP contribution in [0.2, 0.25) is 5.02 Å². The van der Waals surface area contributed by atoms with Crippen molar-refractivity contribution in [3.05, 3.63) is 132 Å². The number of thioether (sulfide) groups is 1. The second kappa shape index (κ2) is 11.8. The van der Waals surface area contributed by atoms with Crippen LogP contribution in [0.5, 0.6) is 0 Å². The first-order valence-electron chi connectivity index (χ1n) is 13.5. The number of nitrogens with zero attached hydrogens (tertiary/aromatic N) is 3. The smallest absolute Gasteiger partial charge is 0.338 e. The molecule has 0 unspecified atom stereocenters. The SMILES string of the molecule is CCOC(=O)C1=C(C)N=c2s/c(=C\c3cn(Cc4ccccc4Cl)c4ccccc34)c(=O)n2[C@@H]1c1ccc(SC)cc1. The molecule has 0 aliphatic carbocycles. The number of ether oxygens (including phenoxy) is 1. The summed E-state index contributed by atoms with van der Waals surface area (Å²) in [5, 5.41) is 1.74. The molecule has 0 spiro atoms. The van der Waals surface area contributed by atoms with Crippen LogP contribution in [0.15, 0.2) is 105 Å². The minimum absolute atomic E-state index is 0.199. The fourth-order valence-electron chi connectivity index (χ4n) is 5.37. The highest BCUT2D eigenvalue weighted by Crippen LogP contribution is 2.32. The number of para-hydroxylation sites is 1. The third kappa shape index (κ3) is 5.15. The number of aromatic nitrogens is 2. The van der Waals surface area contributed by atoms with Crippen LogP contribution in [0.1, 0.15) is 36.6 Å². The van der Waals surface area contributed by atoms with Crippen molar-refractivity contribution < 1.29 is 9.53 Å². The van der Waals surface area contributed by atoms with Crippen LogP contribution in [0.3, 0.4) is 0 Å². The number of halogens is 1. The van der Waals surface area contributed by atoms with Gasteiger partial charge in [-0.25, -0.2) is 9.79 Å². The second-order valence-electron chi connectivity index (χ2n) is 9.90. The quantitative estimate of drug-likeness (QED) is 0.163. The van der Waals surface area contributed by atoms with E-state index < -0.39 is 12.0 Å². The van der Waals surface area contributed by atoms with Gasteiger partial charge in [-0.1, -0.05) is 71.5 Å². The Morgan fingerprint density at radius 2 is 1.83 bits per heavy atom. The summed E-state index contributed by atoms with van der Waals surface area (Å²) in [5.41, 5.74) is 4.54. The Morgan fingerprint density at radius 3 is 2.57 bits per heavy atom. The van der Waals surface area contributed by atoms with Gasteiger partial charge in [0.05, 0.1) is 28.5 Å². The molecule has 1 aliphatic heterocycles. The highest BCUT2D eigenvalue weighted by molar-refractivity contribution is 7.98. The summed E-state index contributed by atoms with van der Waals surface area (Å²) in [6.45, 7) is 4.41. The summed E-state index contributed by atoms with van der Waals surface area (Å²) in [7, 11) is 0.